The number of unbranched alkanes of at least 4 members (excludes halogenated alkanes) is 1. The first kappa shape index (κ1) is 13.0. The van der Waals surface area contributed by atoms with E-state index in [4.69, 9.17) is 4.74 Å². The maximum absolute atomic E-state index is 5.07. The summed E-state index contributed by atoms with van der Waals surface area (Å²) < 4.78 is 5.07. The number of rotatable bonds is 7. The summed E-state index contributed by atoms with van der Waals surface area (Å²) in [5.41, 5.74) is 1.31. The Kier molecular flexibility index (Phi) is 5.94. The Labute approximate surface area is 99.2 Å². The molecule has 0 saturated heterocycles. The topological polar surface area (TPSA) is 12.5 Å². The second-order valence-electron chi connectivity index (χ2n) is 4.32. The molecule has 2 heteroatoms. The van der Waals surface area contributed by atoms with Gasteiger partial charge in [-0.15, -0.1) is 0 Å². The zero-order valence-electron chi connectivity index (χ0n) is 10.6. The molecule has 1 aromatic rings. The highest BCUT2D eigenvalue weighted by molar-refractivity contribution is 5.46. The molecule has 0 radical (unpaired) electrons. The SMILES string of the molecule is COCCCCN(c1ccccc1)C(C)C. The van der Waals surface area contributed by atoms with Crippen LogP contribution in [0.2, 0.25) is 0 Å². The van der Waals surface area contributed by atoms with Gasteiger partial charge in [0.05, 0.1) is 0 Å². The molecular weight excluding hydrogens is 198 g/mol. The van der Waals surface area contributed by atoms with E-state index in [1.807, 2.05) is 0 Å². The van der Waals surface area contributed by atoms with Gasteiger partial charge in [-0.2, -0.15) is 0 Å². The first-order chi connectivity index (χ1) is 7.75. The maximum Gasteiger partial charge on any atom is 0.0462 e. The number of methoxy groups -OCH3 is 1. The van der Waals surface area contributed by atoms with Crippen molar-refractivity contribution in [2.45, 2.75) is 32.7 Å². The van der Waals surface area contributed by atoms with Crippen molar-refractivity contribution in [1.82, 2.24) is 0 Å². The Balaban J connectivity index is 2.49. The molecule has 0 amide bonds. The predicted molar refractivity (Wildman–Crippen MR) is 70.0 cm³/mol. The van der Waals surface area contributed by atoms with Crippen LogP contribution in [0.25, 0.3) is 0 Å². The predicted octanol–water partition coefficient (Wildman–Crippen LogP) is 3.33. The molecular formula is C14H23NO. The molecule has 0 aliphatic carbocycles. The minimum atomic E-state index is 0.546. The second-order valence-corrected chi connectivity index (χ2v) is 4.32. The first-order valence-corrected chi connectivity index (χ1v) is 6.06. The monoisotopic (exact) mass is 221 g/mol. The zero-order chi connectivity index (χ0) is 11.8. The van der Waals surface area contributed by atoms with Gasteiger partial charge in [0.25, 0.3) is 0 Å². The Morgan fingerprint density at radius 1 is 1.12 bits per heavy atom. The molecule has 0 bridgehead atoms. The minimum Gasteiger partial charge on any atom is -0.385 e. The van der Waals surface area contributed by atoms with Gasteiger partial charge in [0.1, 0.15) is 0 Å². The number of hydrogen-bond donors (Lipinski definition) is 0. The third kappa shape index (κ3) is 4.23. The van der Waals surface area contributed by atoms with Crippen LogP contribution in [0.4, 0.5) is 5.69 Å². The van der Waals surface area contributed by atoms with E-state index in [0.717, 1.165) is 19.6 Å². The summed E-state index contributed by atoms with van der Waals surface area (Å²) >= 11 is 0. The molecule has 0 aromatic heterocycles. The van der Waals surface area contributed by atoms with Gasteiger partial charge in [-0.05, 0) is 38.8 Å². The van der Waals surface area contributed by atoms with E-state index in [2.05, 4.69) is 49.1 Å². The molecule has 0 spiro atoms. The molecule has 0 atom stereocenters. The summed E-state index contributed by atoms with van der Waals surface area (Å²) in [4.78, 5) is 2.44. The summed E-state index contributed by atoms with van der Waals surface area (Å²) in [7, 11) is 1.76. The molecule has 90 valence electrons. The third-order valence-corrected chi connectivity index (χ3v) is 2.71. The Morgan fingerprint density at radius 3 is 2.38 bits per heavy atom. The number of benzene rings is 1. The van der Waals surface area contributed by atoms with Crippen LogP contribution in [-0.4, -0.2) is 26.3 Å². The van der Waals surface area contributed by atoms with Gasteiger partial charge in [-0.1, -0.05) is 18.2 Å². The summed E-state index contributed by atoms with van der Waals surface area (Å²) in [6.07, 6.45) is 2.31. The lowest BCUT2D eigenvalue weighted by Crippen LogP contribution is -2.31. The normalized spacial score (nSPS) is 10.8. The van der Waals surface area contributed by atoms with Crippen molar-refractivity contribution >= 4 is 5.69 Å². The highest BCUT2D eigenvalue weighted by atomic mass is 16.5. The highest BCUT2D eigenvalue weighted by Crippen LogP contribution is 2.16. The van der Waals surface area contributed by atoms with E-state index in [0.29, 0.717) is 6.04 Å². The van der Waals surface area contributed by atoms with E-state index in [1.54, 1.807) is 7.11 Å². The van der Waals surface area contributed by atoms with Gasteiger partial charge < -0.3 is 9.64 Å². The molecule has 16 heavy (non-hydrogen) atoms. The van der Waals surface area contributed by atoms with E-state index in [-0.39, 0.29) is 0 Å². The van der Waals surface area contributed by atoms with E-state index < -0.39 is 0 Å². The number of para-hydroxylation sites is 1. The lowest BCUT2D eigenvalue weighted by molar-refractivity contribution is 0.193. The fourth-order valence-corrected chi connectivity index (χ4v) is 1.83. The number of anilines is 1. The lowest BCUT2D eigenvalue weighted by atomic mass is 10.2. The summed E-state index contributed by atoms with van der Waals surface area (Å²) in [5.74, 6) is 0. The Bertz CT molecular complexity index is 271. The first-order valence-electron chi connectivity index (χ1n) is 6.06. The average Bonchev–Trinajstić information content (AvgIpc) is 2.30. The zero-order valence-corrected chi connectivity index (χ0v) is 10.6. The molecule has 1 rings (SSSR count). The van der Waals surface area contributed by atoms with Crippen molar-refractivity contribution in [3.05, 3.63) is 30.3 Å². The van der Waals surface area contributed by atoms with Crippen LogP contribution in [0, 0.1) is 0 Å². The molecule has 2 nitrogen and oxygen atoms in total. The molecule has 0 N–H and O–H groups in total. The van der Waals surface area contributed by atoms with Gasteiger partial charge in [-0.3, -0.25) is 0 Å². The maximum atomic E-state index is 5.07. The van der Waals surface area contributed by atoms with E-state index >= 15 is 0 Å². The van der Waals surface area contributed by atoms with Crippen molar-refractivity contribution in [2.75, 3.05) is 25.2 Å². The van der Waals surface area contributed by atoms with Crippen molar-refractivity contribution < 1.29 is 4.74 Å². The quantitative estimate of drug-likeness (QED) is 0.655. The third-order valence-electron chi connectivity index (χ3n) is 2.71. The van der Waals surface area contributed by atoms with Gasteiger partial charge in [0.15, 0.2) is 0 Å². The standard InChI is InChI=1S/C14H23NO/c1-13(2)15(11-7-8-12-16-3)14-9-5-4-6-10-14/h4-6,9-10,13H,7-8,11-12H2,1-3H3. The van der Waals surface area contributed by atoms with Crippen molar-refractivity contribution in [2.24, 2.45) is 0 Å². The van der Waals surface area contributed by atoms with Gasteiger partial charge >= 0.3 is 0 Å². The number of nitrogens with zero attached hydrogens (tertiary/aromatic N) is 1. The van der Waals surface area contributed by atoms with E-state index in [1.165, 1.54) is 12.1 Å². The molecule has 0 aliphatic rings. The van der Waals surface area contributed by atoms with Crippen molar-refractivity contribution in [1.29, 1.82) is 0 Å². The van der Waals surface area contributed by atoms with Crippen LogP contribution in [0.3, 0.4) is 0 Å². The van der Waals surface area contributed by atoms with Gasteiger partial charge in [0.2, 0.25) is 0 Å². The highest BCUT2D eigenvalue weighted by Gasteiger charge is 2.08. The average molecular weight is 221 g/mol. The van der Waals surface area contributed by atoms with E-state index in [9.17, 15) is 0 Å². The van der Waals surface area contributed by atoms with Gasteiger partial charge in [0, 0.05) is 32.0 Å². The fourth-order valence-electron chi connectivity index (χ4n) is 1.83. The van der Waals surface area contributed by atoms with Crippen LogP contribution in [0.15, 0.2) is 30.3 Å². The fraction of sp³-hybridized carbons (Fsp3) is 0.571. The molecule has 0 aliphatic heterocycles. The van der Waals surface area contributed by atoms with Crippen LogP contribution in [-0.2, 0) is 4.74 Å². The molecule has 0 unspecified atom stereocenters. The molecule has 0 saturated carbocycles. The van der Waals surface area contributed by atoms with Gasteiger partial charge in [-0.25, -0.2) is 0 Å². The Hall–Kier alpha value is -1.02. The van der Waals surface area contributed by atoms with Crippen LogP contribution in [0.1, 0.15) is 26.7 Å². The van der Waals surface area contributed by atoms with Crippen molar-refractivity contribution in [3.63, 3.8) is 0 Å². The van der Waals surface area contributed by atoms with Crippen LogP contribution < -0.4 is 4.90 Å². The summed E-state index contributed by atoms with van der Waals surface area (Å²) in [6.45, 7) is 6.44. The summed E-state index contributed by atoms with van der Waals surface area (Å²) in [6, 6.07) is 11.2. The molecule has 1 aromatic carbocycles. The van der Waals surface area contributed by atoms with Crippen LogP contribution in [0.5, 0.6) is 0 Å². The van der Waals surface area contributed by atoms with Crippen molar-refractivity contribution in [3.8, 4) is 0 Å². The summed E-state index contributed by atoms with van der Waals surface area (Å²) in [5, 5.41) is 0. The Morgan fingerprint density at radius 2 is 1.81 bits per heavy atom. The minimum absolute atomic E-state index is 0.546. The number of hydrogen-bond acceptors (Lipinski definition) is 2. The second kappa shape index (κ2) is 7.29. The van der Waals surface area contributed by atoms with Crippen LogP contribution >= 0.6 is 0 Å². The largest absolute Gasteiger partial charge is 0.385 e. The molecule has 0 heterocycles. The smallest absolute Gasteiger partial charge is 0.0462 e. The molecule has 0 fully saturated rings. The number of ether oxygens (including phenoxy) is 1. The lowest BCUT2D eigenvalue weighted by Gasteiger charge is -2.29.